The Morgan fingerprint density at radius 3 is 2.60 bits per heavy atom. The first-order valence-electron chi connectivity index (χ1n) is 9.31. The number of hydrogen-bond acceptors (Lipinski definition) is 2. The van der Waals surface area contributed by atoms with Gasteiger partial charge >= 0.3 is 0 Å². The maximum Gasteiger partial charge on any atom is 0.0956 e. The van der Waals surface area contributed by atoms with Crippen molar-refractivity contribution in [3.05, 3.63) is 78.4 Å². The van der Waals surface area contributed by atoms with Crippen LogP contribution in [0.5, 0.6) is 0 Å². The fourth-order valence-electron chi connectivity index (χ4n) is 4.61. The zero-order valence-corrected chi connectivity index (χ0v) is 14.4. The molecule has 1 atom stereocenters. The van der Waals surface area contributed by atoms with Crippen LogP contribution in [0.4, 0.5) is 5.69 Å². The number of anilines is 1. The van der Waals surface area contributed by atoms with E-state index in [4.69, 9.17) is 0 Å². The predicted octanol–water partition coefficient (Wildman–Crippen LogP) is 4.62. The molecule has 0 radical (unpaired) electrons. The largest absolute Gasteiger partial charge is 0.372 e. The number of piperidine rings is 1. The molecule has 3 heterocycles. The van der Waals surface area contributed by atoms with Gasteiger partial charge in [-0.05, 0) is 42.9 Å². The Balaban J connectivity index is 1.41. The number of fused-ring (bicyclic) bond motifs is 2. The zero-order chi connectivity index (χ0) is 16.6. The van der Waals surface area contributed by atoms with Crippen LogP contribution in [0, 0.1) is 5.92 Å². The molecule has 1 saturated heterocycles. The molecule has 1 unspecified atom stereocenters. The Kier molecular flexibility index (Phi) is 3.58. The quantitative estimate of drug-likeness (QED) is 0.801. The van der Waals surface area contributed by atoms with Crippen LogP contribution < -0.4 is 4.90 Å². The summed E-state index contributed by atoms with van der Waals surface area (Å²) in [6.45, 7) is 2.27. The lowest BCUT2D eigenvalue weighted by Crippen LogP contribution is -2.36. The summed E-state index contributed by atoms with van der Waals surface area (Å²) in [5, 5.41) is 0. The van der Waals surface area contributed by atoms with Crippen LogP contribution in [0.1, 0.15) is 31.0 Å². The molecule has 1 aromatic heterocycles. The summed E-state index contributed by atoms with van der Waals surface area (Å²) < 4.78 is 2.41. The van der Waals surface area contributed by atoms with Crippen molar-refractivity contribution < 1.29 is 0 Å². The summed E-state index contributed by atoms with van der Waals surface area (Å²) in [6.07, 6.45) is 16.7. The smallest absolute Gasteiger partial charge is 0.0956 e. The molecule has 1 aromatic carbocycles. The fourth-order valence-corrected chi connectivity index (χ4v) is 4.61. The first-order valence-corrected chi connectivity index (χ1v) is 9.31. The van der Waals surface area contributed by atoms with E-state index in [1.165, 1.54) is 35.4 Å². The average molecular weight is 329 g/mol. The van der Waals surface area contributed by atoms with Crippen LogP contribution in [0.25, 0.3) is 5.57 Å². The molecule has 1 fully saturated rings. The number of rotatable bonds is 2. The highest BCUT2D eigenvalue weighted by Gasteiger charge is 2.36. The fraction of sp³-hybridized carbons (Fsp3) is 0.318. The van der Waals surface area contributed by atoms with Gasteiger partial charge in [0, 0.05) is 24.4 Å². The Morgan fingerprint density at radius 1 is 0.960 bits per heavy atom. The molecule has 5 rings (SSSR count). The van der Waals surface area contributed by atoms with E-state index in [9.17, 15) is 0 Å². The third-order valence-corrected chi connectivity index (χ3v) is 5.83. The number of imidazole rings is 1. The summed E-state index contributed by atoms with van der Waals surface area (Å²) in [6, 6.07) is 11.3. The SMILES string of the molecule is C1=CC2=C(C=CC1)C(C1CCN(c3ccccc3)CC1)n1cncc12. The van der Waals surface area contributed by atoms with Crippen LogP contribution in [0.3, 0.4) is 0 Å². The standard InChI is InChI=1S/C22H23N3/c1-3-7-18(8-4-1)24-13-11-17(12-14-24)22-20-10-6-2-5-9-19(20)21-15-23-16-25(21)22/h1,3-10,15-17,22H,2,11-14H2. The van der Waals surface area contributed by atoms with E-state index >= 15 is 0 Å². The van der Waals surface area contributed by atoms with Gasteiger partial charge in [-0.3, -0.25) is 0 Å². The Labute approximate surface area is 149 Å². The third-order valence-electron chi connectivity index (χ3n) is 5.83. The van der Waals surface area contributed by atoms with Crippen LogP contribution in [0.2, 0.25) is 0 Å². The molecule has 0 saturated carbocycles. The zero-order valence-electron chi connectivity index (χ0n) is 14.4. The van der Waals surface area contributed by atoms with E-state index in [2.05, 4.69) is 69.1 Å². The molecule has 0 bridgehead atoms. The van der Waals surface area contributed by atoms with Gasteiger partial charge in [-0.2, -0.15) is 0 Å². The third kappa shape index (κ3) is 2.46. The van der Waals surface area contributed by atoms with Gasteiger partial charge in [0.05, 0.1) is 24.3 Å². The lowest BCUT2D eigenvalue weighted by molar-refractivity contribution is 0.314. The summed E-state index contributed by atoms with van der Waals surface area (Å²) in [7, 11) is 0. The number of hydrogen-bond donors (Lipinski definition) is 0. The minimum atomic E-state index is 0.449. The van der Waals surface area contributed by atoms with Crippen molar-refractivity contribution in [2.75, 3.05) is 18.0 Å². The summed E-state index contributed by atoms with van der Waals surface area (Å²) in [4.78, 5) is 6.96. The maximum atomic E-state index is 4.43. The number of para-hydroxylation sites is 1. The molecule has 0 amide bonds. The molecule has 3 nitrogen and oxygen atoms in total. The molecular formula is C22H23N3. The Hall–Kier alpha value is -2.55. The lowest BCUT2D eigenvalue weighted by atomic mass is 9.84. The van der Waals surface area contributed by atoms with Crippen LogP contribution >= 0.6 is 0 Å². The molecule has 126 valence electrons. The van der Waals surface area contributed by atoms with Crippen molar-refractivity contribution in [1.82, 2.24) is 9.55 Å². The minimum Gasteiger partial charge on any atom is -0.372 e. The second-order valence-electron chi connectivity index (χ2n) is 7.20. The molecule has 1 aliphatic carbocycles. The summed E-state index contributed by atoms with van der Waals surface area (Å²) in [5.74, 6) is 0.677. The number of benzene rings is 1. The van der Waals surface area contributed by atoms with Crippen molar-refractivity contribution in [3.8, 4) is 0 Å². The van der Waals surface area contributed by atoms with Gasteiger partial charge < -0.3 is 9.47 Å². The molecule has 25 heavy (non-hydrogen) atoms. The van der Waals surface area contributed by atoms with Crippen LogP contribution in [-0.2, 0) is 0 Å². The van der Waals surface area contributed by atoms with Crippen molar-refractivity contribution >= 4 is 11.3 Å². The van der Waals surface area contributed by atoms with E-state index in [0.717, 1.165) is 19.5 Å². The van der Waals surface area contributed by atoms with Gasteiger partial charge in [0.15, 0.2) is 0 Å². The highest BCUT2D eigenvalue weighted by molar-refractivity contribution is 5.80. The average Bonchev–Trinajstić information content (AvgIpc) is 3.16. The molecular weight excluding hydrogens is 306 g/mol. The second kappa shape index (κ2) is 6.07. The number of allylic oxidation sites excluding steroid dienone is 6. The topological polar surface area (TPSA) is 21.1 Å². The van der Waals surface area contributed by atoms with E-state index in [0.29, 0.717) is 12.0 Å². The highest BCUT2D eigenvalue weighted by Crippen LogP contribution is 2.45. The lowest BCUT2D eigenvalue weighted by Gasteiger charge is -2.37. The van der Waals surface area contributed by atoms with Gasteiger partial charge in [-0.25, -0.2) is 4.98 Å². The molecule has 3 aliphatic rings. The van der Waals surface area contributed by atoms with Crippen LogP contribution in [0.15, 0.2) is 72.7 Å². The van der Waals surface area contributed by atoms with E-state index in [-0.39, 0.29) is 0 Å². The number of nitrogens with zero attached hydrogens (tertiary/aromatic N) is 3. The van der Waals surface area contributed by atoms with E-state index in [1.807, 2.05) is 12.5 Å². The molecule has 0 spiro atoms. The van der Waals surface area contributed by atoms with Crippen molar-refractivity contribution in [3.63, 3.8) is 0 Å². The highest BCUT2D eigenvalue weighted by atomic mass is 15.1. The molecule has 2 aliphatic heterocycles. The maximum absolute atomic E-state index is 4.43. The van der Waals surface area contributed by atoms with Gasteiger partial charge in [0.25, 0.3) is 0 Å². The monoisotopic (exact) mass is 329 g/mol. The molecule has 3 heteroatoms. The van der Waals surface area contributed by atoms with Crippen molar-refractivity contribution in [2.24, 2.45) is 5.92 Å². The van der Waals surface area contributed by atoms with Crippen molar-refractivity contribution in [2.45, 2.75) is 25.3 Å². The first-order chi connectivity index (χ1) is 12.4. The Morgan fingerprint density at radius 2 is 1.76 bits per heavy atom. The van der Waals surface area contributed by atoms with Gasteiger partial charge in [-0.1, -0.05) is 42.5 Å². The second-order valence-corrected chi connectivity index (χ2v) is 7.20. The van der Waals surface area contributed by atoms with E-state index in [1.54, 1.807) is 0 Å². The first kappa shape index (κ1) is 14.8. The van der Waals surface area contributed by atoms with Gasteiger partial charge in [-0.15, -0.1) is 0 Å². The predicted molar refractivity (Wildman–Crippen MR) is 102 cm³/mol. The van der Waals surface area contributed by atoms with Crippen molar-refractivity contribution in [1.29, 1.82) is 0 Å². The molecule has 0 N–H and O–H groups in total. The van der Waals surface area contributed by atoms with Crippen LogP contribution in [-0.4, -0.2) is 22.6 Å². The Bertz CT molecular complexity index is 848. The van der Waals surface area contributed by atoms with Gasteiger partial charge in [0.1, 0.15) is 0 Å². The minimum absolute atomic E-state index is 0.449. The van der Waals surface area contributed by atoms with Gasteiger partial charge in [0.2, 0.25) is 0 Å². The molecule has 2 aromatic rings. The summed E-state index contributed by atoms with van der Waals surface area (Å²) in [5.41, 5.74) is 5.51. The normalized spacial score (nSPS) is 22.9. The summed E-state index contributed by atoms with van der Waals surface area (Å²) >= 11 is 0. The van der Waals surface area contributed by atoms with E-state index < -0.39 is 0 Å². The number of aromatic nitrogens is 2.